The van der Waals surface area contributed by atoms with Gasteiger partial charge in [-0.1, -0.05) is 30.4 Å². The lowest BCUT2D eigenvalue weighted by Crippen LogP contribution is -2.32. The summed E-state index contributed by atoms with van der Waals surface area (Å²) in [6.45, 7) is 6.27. The third-order valence-electron chi connectivity index (χ3n) is 2.73. The van der Waals surface area contributed by atoms with Gasteiger partial charge in [0, 0.05) is 11.6 Å². The molecule has 0 heterocycles. The van der Waals surface area contributed by atoms with Crippen molar-refractivity contribution in [2.24, 2.45) is 5.73 Å². The molecule has 1 amide bonds. The van der Waals surface area contributed by atoms with E-state index in [2.05, 4.69) is 17.2 Å². The Kier molecular flexibility index (Phi) is 5.41. The second-order valence-corrected chi connectivity index (χ2v) is 4.34. The largest absolute Gasteiger partial charge is 0.350 e. The van der Waals surface area contributed by atoms with E-state index >= 15 is 0 Å². The van der Waals surface area contributed by atoms with E-state index in [1.165, 1.54) is 0 Å². The van der Waals surface area contributed by atoms with Crippen LogP contribution in [0.2, 0.25) is 0 Å². The summed E-state index contributed by atoms with van der Waals surface area (Å²) in [7, 11) is 0. The third-order valence-corrected chi connectivity index (χ3v) is 2.73. The molecule has 0 saturated carbocycles. The quantitative estimate of drug-likeness (QED) is 0.797. The molecule has 1 unspecified atom stereocenters. The number of rotatable bonds is 3. The van der Waals surface area contributed by atoms with Crippen molar-refractivity contribution in [3.8, 4) is 11.8 Å². The van der Waals surface area contributed by atoms with E-state index in [1.807, 2.05) is 39.0 Å². The molecular formula is C15H20N2O. The number of carbonyl (C=O) groups excluding carboxylic acids is 1. The van der Waals surface area contributed by atoms with Gasteiger partial charge in [0.15, 0.2) is 0 Å². The predicted octanol–water partition coefficient (Wildman–Crippen LogP) is 1.83. The first-order valence-corrected chi connectivity index (χ1v) is 6.19. The predicted molar refractivity (Wildman–Crippen MR) is 74.3 cm³/mol. The maximum absolute atomic E-state index is 12.1. The Bertz CT molecular complexity index is 483. The maximum Gasteiger partial charge on any atom is 0.252 e. The average molecular weight is 244 g/mol. The van der Waals surface area contributed by atoms with Gasteiger partial charge in [-0.2, -0.15) is 0 Å². The smallest absolute Gasteiger partial charge is 0.252 e. The maximum atomic E-state index is 12.1. The number of benzene rings is 1. The van der Waals surface area contributed by atoms with Crippen molar-refractivity contribution < 1.29 is 4.79 Å². The Labute approximate surface area is 109 Å². The van der Waals surface area contributed by atoms with Gasteiger partial charge in [-0.3, -0.25) is 4.79 Å². The third kappa shape index (κ3) is 3.90. The fourth-order valence-corrected chi connectivity index (χ4v) is 1.50. The van der Waals surface area contributed by atoms with Crippen LogP contribution in [-0.2, 0) is 0 Å². The Hall–Kier alpha value is -1.79. The normalized spacial score (nSPS) is 11.3. The lowest BCUT2D eigenvalue weighted by molar-refractivity contribution is 0.0939. The molecule has 1 aromatic carbocycles. The van der Waals surface area contributed by atoms with Gasteiger partial charge < -0.3 is 11.1 Å². The van der Waals surface area contributed by atoms with Crippen molar-refractivity contribution in [3.05, 3.63) is 34.9 Å². The Morgan fingerprint density at radius 2 is 2.22 bits per heavy atom. The number of nitrogens with two attached hydrogens (primary N) is 1. The summed E-state index contributed by atoms with van der Waals surface area (Å²) in [5, 5.41) is 2.95. The van der Waals surface area contributed by atoms with Gasteiger partial charge in [-0.15, -0.1) is 0 Å². The highest BCUT2D eigenvalue weighted by Gasteiger charge is 2.12. The van der Waals surface area contributed by atoms with Gasteiger partial charge in [-0.25, -0.2) is 0 Å². The molecule has 1 aromatic rings. The fraction of sp³-hybridized carbons (Fsp3) is 0.400. The zero-order valence-corrected chi connectivity index (χ0v) is 11.2. The van der Waals surface area contributed by atoms with Crippen molar-refractivity contribution in [1.82, 2.24) is 5.32 Å². The topological polar surface area (TPSA) is 55.1 Å². The molecule has 0 fully saturated rings. The van der Waals surface area contributed by atoms with Crippen LogP contribution >= 0.6 is 0 Å². The van der Waals surface area contributed by atoms with Crippen molar-refractivity contribution in [1.29, 1.82) is 0 Å². The number of amides is 1. The lowest BCUT2D eigenvalue weighted by atomic mass is 10.0. The summed E-state index contributed by atoms with van der Waals surface area (Å²) in [5.41, 5.74) is 7.75. The minimum absolute atomic E-state index is 0.0747. The standard InChI is InChI=1S/C15H20N2O/c1-4-12(3)17-15(18)14-10-11(2)7-8-13(14)6-5-9-16/h7-8,10,12H,4,9,16H2,1-3H3,(H,17,18). The van der Waals surface area contributed by atoms with Crippen LogP contribution in [0.4, 0.5) is 0 Å². The first-order valence-electron chi connectivity index (χ1n) is 6.19. The van der Waals surface area contributed by atoms with Crippen molar-refractivity contribution in [2.75, 3.05) is 6.54 Å². The molecule has 18 heavy (non-hydrogen) atoms. The van der Waals surface area contributed by atoms with Gasteiger partial charge in [0.2, 0.25) is 0 Å². The molecule has 0 spiro atoms. The molecular weight excluding hydrogens is 224 g/mol. The molecule has 96 valence electrons. The molecule has 3 heteroatoms. The number of nitrogens with one attached hydrogen (secondary N) is 1. The molecule has 3 N–H and O–H groups in total. The second-order valence-electron chi connectivity index (χ2n) is 4.34. The van der Waals surface area contributed by atoms with Crippen LogP contribution in [0.25, 0.3) is 0 Å². The SMILES string of the molecule is CCC(C)NC(=O)c1cc(C)ccc1C#CCN. The van der Waals surface area contributed by atoms with Crippen LogP contribution in [0.1, 0.15) is 41.8 Å². The summed E-state index contributed by atoms with van der Waals surface area (Å²) in [4.78, 5) is 12.1. The molecule has 0 saturated heterocycles. The minimum atomic E-state index is -0.0747. The Morgan fingerprint density at radius 1 is 1.50 bits per heavy atom. The number of carbonyl (C=O) groups is 1. The Balaban J connectivity index is 3.05. The van der Waals surface area contributed by atoms with Crippen LogP contribution in [0, 0.1) is 18.8 Å². The zero-order chi connectivity index (χ0) is 13.5. The van der Waals surface area contributed by atoms with E-state index in [0.717, 1.165) is 17.5 Å². The highest BCUT2D eigenvalue weighted by Crippen LogP contribution is 2.11. The van der Waals surface area contributed by atoms with Gasteiger partial charge in [-0.05, 0) is 32.4 Å². The molecule has 0 aromatic heterocycles. The second kappa shape index (κ2) is 6.83. The zero-order valence-electron chi connectivity index (χ0n) is 11.2. The van der Waals surface area contributed by atoms with Gasteiger partial charge in [0.05, 0.1) is 12.1 Å². The summed E-state index contributed by atoms with van der Waals surface area (Å²) in [6.07, 6.45) is 0.904. The molecule has 1 rings (SSSR count). The van der Waals surface area contributed by atoms with E-state index in [4.69, 9.17) is 5.73 Å². The molecule has 3 nitrogen and oxygen atoms in total. The van der Waals surface area contributed by atoms with Crippen molar-refractivity contribution in [3.63, 3.8) is 0 Å². The average Bonchev–Trinajstić information content (AvgIpc) is 2.36. The summed E-state index contributed by atoms with van der Waals surface area (Å²) in [6, 6.07) is 5.83. The van der Waals surface area contributed by atoms with Crippen LogP contribution in [0.15, 0.2) is 18.2 Å². The van der Waals surface area contributed by atoms with E-state index in [9.17, 15) is 4.79 Å². The van der Waals surface area contributed by atoms with E-state index in [1.54, 1.807) is 0 Å². The molecule has 0 radical (unpaired) electrons. The molecule has 0 bridgehead atoms. The molecule has 0 aliphatic carbocycles. The fourth-order valence-electron chi connectivity index (χ4n) is 1.50. The van der Waals surface area contributed by atoms with E-state index < -0.39 is 0 Å². The summed E-state index contributed by atoms with van der Waals surface area (Å²) in [5.74, 6) is 5.65. The van der Waals surface area contributed by atoms with Gasteiger partial charge >= 0.3 is 0 Å². The first-order chi connectivity index (χ1) is 8.58. The monoisotopic (exact) mass is 244 g/mol. The van der Waals surface area contributed by atoms with Gasteiger partial charge in [0.25, 0.3) is 5.91 Å². The number of aryl methyl sites for hydroxylation is 1. The van der Waals surface area contributed by atoms with Crippen LogP contribution in [0.3, 0.4) is 0 Å². The van der Waals surface area contributed by atoms with E-state index in [-0.39, 0.29) is 11.9 Å². The summed E-state index contributed by atoms with van der Waals surface area (Å²) < 4.78 is 0. The number of hydrogen-bond donors (Lipinski definition) is 2. The highest BCUT2D eigenvalue weighted by molar-refractivity contribution is 5.97. The van der Waals surface area contributed by atoms with Crippen molar-refractivity contribution >= 4 is 5.91 Å². The first kappa shape index (κ1) is 14.3. The number of hydrogen-bond acceptors (Lipinski definition) is 2. The molecule has 0 aliphatic rings. The Morgan fingerprint density at radius 3 is 2.83 bits per heavy atom. The summed E-state index contributed by atoms with van der Waals surface area (Å²) >= 11 is 0. The van der Waals surface area contributed by atoms with Gasteiger partial charge in [0.1, 0.15) is 0 Å². The highest BCUT2D eigenvalue weighted by atomic mass is 16.1. The van der Waals surface area contributed by atoms with Crippen LogP contribution < -0.4 is 11.1 Å². The molecule has 0 aliphatic heterocycles. The lowest BCUT2D eigenvalue weighted by Gasteiger charge is -2.12. The van der Waals surface area contributed by atoms with Crippen molar-refractivity contribution in [2.45, 2.75) is 33.2 Å². The minimum Gasteiger partial charge on any atom is -0.350 e. The van der Waals surface area contributed by atoms with Crippen LogP contribution in [0.5, 0.6) is 0 Å². The van der Waals surface area contributed by atoms with Crippen LogP contribution in [-0.4, -0.2) is 18.5 Å². The van der Waals surface area contributed by atoms with E-state index in [0.29, 0.717) is 12.1 Å². The molecule has 1 atom stereocenters.